The number of thiophene rings is 2. The summed E-state index contributed by atoms with van der Waals surface area (Å²) in [6, 6.07) is 12.9. The molecule has 1 saturated carbocycles. The number of carbonyl (C=O) groups excluding carboxylic acids is 2. The van der Waals surface area contributed by atoms with Crippen LogP contribution >= 0.6 is 34.3 Å². The molecule has 2 aromatic heterocycles. The fourth-order valence-electron chi connectivity index (χ4n) is 4.22. The summed E-state index contributed by atoms with van der Waals surface area (Å²) in [7, 11) is 0. The minimum Gasteiger partial charge on any atom is -0.491 e. The molecule has 1 atom stereocenters. The second kappa shape index (κ2) is 9.87. The lowest BCUT2D eigenvalue weighted by Gasteiger charge is -2.37. The predicted octanol–water partition coefficient (Wildman–Crippen LogP) is 5.52. The van der Waals surface area contributed by atoms with E-state index in [-0.39, 0.29) is 24.4 Å². The van der Waals surface area contributed by atoms with Crippen molar-refractivity contribution in [2.75, 3.05) is 26.2 Å². The van der Waals surface area contributed by atoms with Crippen LogP contribution in [0.4, 0.5) is 0 Å². The van der Waals surface area contributed by atoms with Crippen molar-refractivity contribution < 1.29 is 14.3 Å². The third kappa shape index (κ3) is 5.26. The Bertz CT molecular complexity index is 1110. The number of rotatable bonds is 8. The lowest BCUT2D eigenvalue weighted by molar-refractivity contribution is -0.135. The SMILES string of the molecule is O=C(c1cccs1)N(CC(=O)N1CCc2sccc2C1COc1ccc(Cl)cc1)CC1CC1. The first-order chi connectivity index (χ1) is 16.1. The first-order valence-corrected chi connectivity index (χ1v) is 13.3. The molecule has 1 aliphatic carbocycles. The van der Waals surface area contributed by atoms with Crippen molar-refractivity contribution in [1.82, 2.24) is 9.80 Å². The van der Waals surface area contributed by atoms with Gasteiger partial charge in [0.05, 0.1) is 10.9 Å². The maximum Gasteiger partial charge on any atom is 0.264 e. The number of amides is 2. The van der Waals surface area contributed by atoms with Crippen LogP contribution in [0.3, 0.4) is 0 Å². The second-order valence-electron chi connectivity index (χ2n) is 8.52. The molecule has 3 aromatic rings. The van der Waals surface area contributed by atoms with E-state index in [2.05, 4.69) is 11.4 Å². The molecular weight excluding hydrogens is 476 g/mol. The zero-order chi connectivity index (χ0) is 22.8. The topological polar surface area (TPSA) is 49.9 Å². The Morgan fingerprint density at radius 2 is 1.91 bits per heavy atom. The molecule has 1 fully saturated rings. The summed E-state index contributed by atoms with van der Waals surface area (Å²) in [6.45, 7) is 1.74. The van der Waals surface area contributed by atoms with E-state index in [1.807, 2.05) is 34.5 Å². The molecule has 2 amide bonds. The fraction of sp³-hybridized carbons (Fsp3) is 0.360. The van der Waals surface area contributed by atoms with Crippen LogP contribution in [0.15, 0.2) is 53.2 Å². The van der Waals surface area contributed by atoms with Crippen molar-refractivity contribution in [3.8, 4) is 5.75 Å². The Labute approximate surface area is 206 Å². The first kappa shape index (κ1) is 22.4. The van der Waals surface area contributed by atoms with E-state index >= 15 is 0 Å². The highest BCUT2D eigenvalue weighted by Crippen LogP contribution is 2.35. The number of carbonyl (C=O) groups is 2. The summed E-state index contributed by atoms with van der Waals surface area (Å²) in [4.78, 5) is 32.3. The number of halogens is 1. The molecule has 2 aliphatic rings. The smallest absolute Gasteiger partial charge is 0.264 e. The Kier molecular flexibility index (Phi) is 6.71. The number of hydrogen-bond acceptors (Lipinski definition) is 5. The maximum atomic E-state index is 13.5. The summed E-state index contributed by atoms with van der Waals surface area (Å²) in [5.41, 5.74) is 1.15. The van der Waals surface area contributed by atoms with Crippen molar-refractivity contribution in [2.24, 2.45) is 5.92 Å². The summed E-state index contributed by atoms with van der Waals surface area (Å²) in [5, 5.41) is 4.63. The lowest BCUT2D eigenvalue weighted by atomic mass is 10.0. The normalized spacial score (nSPS) is 17.5. The van der Waals surface area contributed by atoms with Crippen LogP contribution in [-0.4, -0.2) is 47.9 Å². The largest absolute Gasteiger partial charge is 0.491 e. The predicted molar refractivity (Wildman–Crippen MR) is 132 cm³/mol. The molecule has 5 nitrogen and oxygen atoms in total. The molecule has 3 heterocycles. The molecule has 5 rings (SSSR count). The Balaban J connectivity index is 1.33. The number of ether oxygens (including phenoxy) is 1. The molecule has 8 heteroatoms. The highest BCUT2D eigenvalue weighted by atomic mass is 35.5. The molecule has 1 unspecified atom stereocenters. The van der Waals surface area contributed by atoms with Crippen molar-refractivity contribution >= 4 is 46.1 Å². The maximum absolute atomic E-state index is 13.5. The van der Waals surface area contributed by atoms with E-state index in [0.29, 0.717) is 35.5 Å². The molecule has 0 radical (unpaired) electrons. The molecule has 33 heavy (non-hydrogen) atoms. The summed E-state index contributed by atoms with van der Waals surface area (Å²) in [5.74, 6) is 1.16. The van der Waals surface area contributed by atoms with Gasteiger partial charge in [0, 0.05) is 23.0 Å². The molecule has 1 aromatic carbocycles. The zero-order valence-corrected chi connectivity index (χ0v) is 20.5. The van der Waals surface area contributed by atoms with Gasteiger partial charge in [-0.1, -0.05) is 17.7 Å². The van der Waals surface area contributed by atoms with Crippen LogP contribution in [0.2, 0.25) is 5.02 Å². The van der Waals surface area contributed by atoms with Gasteiger partial charge in [-0.05, 0) is 77.9 Å². The number of hydrogen-bond donors (Lipinski definition) is 0. The van der Waals surface area contributed by atoms with Gasteiger partial charge in [0.25, 0.3) is 5.91 Å². The van der Waals surface area contributed by atoms with E-state index < -0.39 is 0 Å². The molecule has 0 bridgehead atoms. The minimum atomic E-state index is -0.178. The third-order valence-corrected chi connectivity index (χ3v) is 8.26. The molecule has 0 spiro atoms. The summed E-state index contributed by atoms with van der Waals surface area (Å²) < 4.78 is 6.07. The van der Waals surface area contributed by atoms with Crippen LogP contribution in [-0.2, 0) is 11.2 Å². The van der Waals surface area contributed by atoms with E-state index in [1.54, 1.807) is 28.4 Å². The van der Waals surface area contributed by atoms with Crippen LogP contribution < -0.4 is 4.74 Å². The molecule has 0 saturated heterocycles. The Morgan fingerprint density at radius 3 is 2.64 bits per heavy atom. The zero-order valence-electron chi connectivity index (χ0n) is 18.1. The van der Waals surface area contributed by atoms with E-state index in [0.717, 1.165) is 30.6 Å². The average Bonchev–Trinajstić information content (AvgIpc) is 3.27. The Hall–Kier alpha value is -2.35. The van der Waals surface area contributed by atoms with Crippen LogP contribution in [0.1, 0.15) is 39.0 Å². The molecule has 172 valence electrons. The fourth-order valence-corrected chi connectivity index (χ4v) is 5.97. The highest BCUT2D eigenvalue weighted by molar-refractivity contribution is 7.12. The standard InChI is InChI=1S/C25H25ClN2O3S2/c26-18-5-7-19(8-6-18)31-16-21-20-10-13-33-22(20)9-11-28(21)24(29)15-27(14-17-3-4-17)25(30)23-2-1-12-32-23/h1-2,5-8,10,12-13,17,21H,3-4,9,11,14-16H2. The number of fused-ring (bicyclic) bond motifs is 1. The summed E-state index contributed by atoms with van der Waals surface area (Å²) in [6.07, 6.45) is 3.08. The van der Waals surface area contributed by atoms with Gasteiger partial charge in [0.1, 0.15) is 18.9 Å². The minimum absolute atomic E-state index is 0.0258. The molecular formula is C25H25ClN2O3S2. The van der Waals surface area contributed by atoms with Crippen molar-refractivity contribution in [2.45, 2.75) is 25.3 Å². The number of nitrogens with zero attached hydrogens (tertiary/aromatic N) is 2. The van der Waals surface area contributed by atoms with E-state index in [4.69, 9.17) is 16.3 Å². The monoisotopic (exact) mass is 500 g/mol. The number of benzene rings is 1. The van der Waals surface area contributed by atoms with Crippen molar-refractivity contribution in [1.29, 1.82) is 0 Å². The van der Waals surface area contributed by atoms with Crippen molar-refractivity contribution in [3.05, 3.63) is 73.6 Å². The van der Waals surface area contributed by atoms with Gasteiger partial charge >= 0.3 is 0 Å². The van der Waals surface area contributed by atoms with E-state index in [1.165, 1.54) is 16.2 Å². The van der Waals surface area contributed by atoms with Crippen molar-refractivity contribution in [3.63, 3.8) is 0 Å². The van der Waals surface area contributed by atoms with Gasteiger partial charge in [-0.15, -0.1) is 22.7 Å². The summed E-state index contributed by atoms with van der Waals surface area (Å²) >= 11 is 9.14. The average molecular weight is 501 g/mol. The highest BCUT2D eigenvalue weighted by Gasteiger charge is 2.35. The van der Waals surface area contributed by atoms with Crippen LogP contribution in [0.25, 0.3) is 0 Å². The van der Waals surface area contributed by atoms with Gasteiger partial charge in [-0.2, -0.15) is 0 Å². The first-order valence-electron chi connectivity index (χ1n) is 11.2. The Morgan fingerprint density at radius 1 is 1.09 bits per heavy atom. The second-order valence-corrected chi connectivity index (χ2v) is 10.9. The van der Waals surface area contributed by atoms with Gasteiger partial charge in [-0.3, -0.25) is 9.59 Å². The van der Waals surface area contributed by atoms with Crippen LogP contribution in [0.5, 0.6) is 5.75 Å². The van der Waals surface area contributed by atoms with Gasteiger partial charge in [-0.25, -0.2) is 0 Å². The van der Waals surface area contributed by atoms with Gasteiger partial charge < -0.3 is 14.5 Å². The quantitative estimate of drug-likeness (QED) is 0.409. The molecule has 0 N–H and O–H groups in total. The van der Waals surface area contributed by atoms with E-state index in [9.17, 15) is 9.59 Å². The lowest BCUT2D eigenvalue weighted by Crippen LogP contribution is -2.48. The van der Waals surface area contributed by atoms with Gasteiger partial charge in [0.2, 0.25) is 5.91 Å². The van der Waals surface area contributed by atoms with Gasteiger partial charge in [0.15, 0.2) is 0 Å². The third-order valence-electron chi connectivity index (χ3n) is 6.16. The molecule has 1 aliphatic heterocycles. The van der Waals surface area contributed by atoms with Crippen LogP contribution in [0, 0.1) is 5.92 Å².